The maximum absolute atomic E-state index is 11.7. The molecule has 94 valence electrons. The Bertz CT molecular complexity index is 396. The molecule has 0 bridgehead atoms. The molecule has 0 spiro atoms. The fourth-order valence-electron chi connectivity index (χ4n) is 1.36. The quantitative estimate of drug-likeness (QED) is 0.561. The van der Waals surface area contributed by atoms with Crippen molar-refractivity contribution < 1.29 is 14.3 Å². The van der Waals surface area contributed by atoms with Crippen LogP contribution in [0.3, 0.4) is 0 Å². The van der Waals surface area contributed by atoms with Crippen molar-refractivity contribution in [2.24, 2.45) is 0 Å². The predicted octanol–water partition coefficient (Wildman–Crippen LogP) is 1.99. The molecule has 1 heterocycles. The molecule has 0 atom stereocenters. The summed E-state index contributed by atoms with van der Waals surface area (Å²) in [5, 5.41) is 4.08. The maximum Gasteiger partial charge on any atom is 0.306 e. The molecule has 1 aromatic heterocycles. The van der Waals surface area contributed by atoms with Gasteiger partial charge in [-0.25, -0.2) is 0 Å². The summed E-state index contributed by atoms with van der Waals surface area (Å²) in [7, 11) is 0. The van der Waals surface area contributed by atoms with Gasteiger partial charge in [-0.2, -0.15) is 5.10 Å². The summed E-state index contributed by atoms with van der Waals surface area (Å²) in [5.41, 5.74) is 0.544. The zero-order valence-corrected chi connectivity index (χ0v) is 10.5. The first-order chi connectivity index (χ1) is 8.04. The van der Waals surface area contributed by atoms with E-state index in [9.17, 15) is 9.59 Å². The minimum Gasteiger partial charge on any atom is -0.466 e. The van der Waals surface area contributed by atoms with Crippen molar-refractivity contribution in [2.45, 2.75) is 39.7 Å². The average Bonchev–Trinajstić information content (AvgIpc) is 2.75. The summed E-state index contributed by atoms with van der Waals surface area (Å²) >= 11 is 0. The van der Waals surface area contributed by atoms with Crippen LogP contribution in [0.15, 0.2) is 12.4 Å². The molecule has 0 saturated heterocycles. The Kier molecular flexibility index (Phi) is 4.87. The van der Waals surface area contributed by atoms with Gasteiger partial charge in [0.25, 0.3) is 0 Å². The van der Waals surface area contributed by atoms with Crippen molar-refractivity contribution in [1.82, 2.24) is 9.78 Å². The zero-order valence-electron chi connectivity index (χ0n) is 10.5. The van der Waals surface area contributed by atoms with Gasteiger partial charge in [-0.3, -0.25) is 14.3 Å². The van der Waals surface area contributed by atoms with E-state index in [2.05, 4.69) is 5.10 Å². The number of aromatic nitrogens is 2. The number of ether oxygens (including phenoxy) is 1. The zero-order chi connectivity index (χ0) is 12.8. The second kappa shape index (κ2) is 6.18. The fourth-order valence-corrected chi connectivity index (χ4v) is 1.36. The molecule has 5 nitrogen and oxygen atoms in total. The van der Waals surface area contributed by atoms with Crippen LogP contribution in [0.1, 0.15) is 50.0 Å². The molecule has 1 rings (SSSR count). The SMILES string of the molecule is CCOC(=O)CCC(=O)c1cnn(C(C)C)c1. The first kappa shape index (κ1) is 13.4. The van der Waals surface area contributed by atoms with Gasteiger partial charge in [-0.1, -0.05) is 0 Å². The van der Waals surface area contributed by atoms with Crippen LogP contribution >= 0.6 is 0 Å². The summed E-state index contributed by atoms with van der Waals surface area (Å²) in [5.74, 6) is -0.415. The van der Waals surface area contributed by atoms with Gasteiger partial charge in [-0.05, 0) is 20.8 Å². The topological polar surface area (TPSA) is 61.2 Å². The van der Waals surface area contributed by atoms with Crippen LogP contribution in [-0.2, 0) is 9.53 Å². The maximum atomic E-state index is 11.7. The average molecular weight is 238 g/mol. The smallest absolute Gasteiger partial charge is 0.306 e. The number of esters is 1. The minimum atomic E-state index is -0.336. The van der Waals surface area contributed by atoms with Crippen molar-refractivity contribution in [3.63, 3.8) is 0 Å². The van der Waals surface area contributed by atoms with Crippen molar-refractivity contribution in [3.05, 3.63) is 18.0 Å². The number of Topliss-reactive ketones (excluding diaryl/α,β-unsaturated/α-hetero) is 1. The summed E-state index contributed by atoms with van der Waals surface area (Å²) in [6, 6.07) is 0.224. The van der Waals surface area contributed by atoms with Crippen LogP contribution in [0.5, 0.6) is 0 Å². The number of carbonyl (C=O) groups excluding carboxylic acids is 2. The Morgan fingerprint density at radius 2 is 2.12 bits per heavy atom. The fraction of sp³-hybridized carbons (Fsp3) is 0.583. The lowest BCUT2D eigenvalue weighted by Crippen LogP contribution is -2.07. The van der Waals surface area contributed by atoms with Crippen molar-refractivity contribution in [1.29, 1.82) is 0 Å². The Morgan fingerprint density at radius 1 is 1.41 bits per heavy atom. The Labute approximate surface area is 101 Å². The highest BCUT2D eigenvalue weighted by molar-refractivity contribution is 5.97. The molecule has 0 amide bonds. The van der Waals surface area contributed by atoms with E-state index in [1.807, 2.05) is 13.8 Å². The molecule has 0 N–H and O–H groups in total. The summed E-state index contributed by atoms with van der Waals surface area (Å²) < 4.78 is 6.48. The van der Waals surface area contributed by atoms with E-state index >= 15 is 0 Å². The molecule has 0 aliphatic rings. The van der Waals surface area contributed by atoms with Crippen LogP contribution in [0, 0.1) is 0 Å². The second-order valence-electron chi connectivity index (χ2n) is 4.03. The van der Waals surface area contributed by atoms with Gasteiger partial charge in [-0.15, -0.1) is 0 Å². The van der Waals surface area contributed by atoms with Gasteiger partial charge >= 0.3 is 5.97 Å². The van der Waals surface area contributed by atoms with Gasteiger partial charge in [0, 0.05) is 18.7 Å². The van der Waals surface area contributed by atoms with E-state index in [0.717, 1.165) is 0 Å². The Hall–Kier alpha value is -1.65. The number of hydrogen-bond acceptors (Lipinski definition) is 4. The van der Waals surface area contributed by atoms with Gasteiger partial charge in [0.1, 0.15) is 0 Å². The van der Waals surface area contributed by atoms with Crippen LogP contribution in [0.4, 0.5) is 0 Å². The van der Waals surface area contributed by atoms with Gasteiger partial charge < -0.3 is 4.74 Å². The monoisotopic (exact) mass is 238 g/mol. The van der Waals surface area contributed by atoms with Gasteiger partial charge in [0.2, 0.25) is 0 Å². The third kappa shape index (κ3) is 4.01. The molecule has 0 aliphatic carbocycles. The first-order valence-corrected chi connectivity index (χ1v) is 5.77. The third-order valence-corrected chi connectivity index (χ3v) is 2.31. The van der Waals surface area contributed by atoms with E-state index in [4.69, 9.17) is 4.74 Å². The molecular formula is C12H18N2O3. The van der Waals surface area contributed by atoms with Crippen molar-refractivity contribution >= 4 is 11.8 Å². The molecule has 0 unspecified atom stereocenters. The molecular weight excluding hydrogens is 220 g/mol. The molecule has 17 heavy (non-hydrogen) atoms. The van der Waals surface area contributed by atoms with Crippen LogP contribution in [-0.4, -0.2) is 28.1 Å². The Balaban J connectivity index is 2.49. The first-order valence-electron chi connectivity index (χ1n) is 5.77. The summed E-state index contributed by atoms with van der Waals surface area (Å²) in [6.07, 6.45) is 3.54. The highest BCUT2D eigenvalue weighted by atomic mass is 16.5. The lowest BCUT2D eigenvalue weighted by molar-refractivity contribution is -0.143. The van der Waals surface area contributed by atoms with E-state index in [0.29, 0.717) is 12.2 Å². The summed E-state index contributed by atoms with van der Waals surface area (Å²) in [4.78, 5) is 22.8. The van der Waals surface area contributed by atoms with Crippen molar-refractivity contribution in [3.8, 4) is 0 Å². The number of rotatable bonds is 6. The molecule has 0 fully saturated rings. The molecule has 0 saturated carbocycles. The normalized spacial score (nSPS) is 10.6. The van der Waals surface area contributed by atoms with E-state index in [-0.39, 0.29) is 30.6 Å². The van der Waals surface area contributed by atoms with E-state index in [1.165, 1.54) is 6.20 Å². The third-order valence-electron chi connectivity index (χ3n) is 2.31. The standard InChI is InChI=1S/C12H18N2O3/c1-4-17-12(16)6-5-11(15)10-7-13-14(8-10)9(2)3/h7-9H,4-6H2,1-3H3. The molecule has 5 heteroatoms. The minimum absolute atomic E-state index is 0.0787. The van der Waals surface area contributed by atoms with E-state index in [1.54, 1.807) is 17.8 Å². The molecule has 1 aromatic rings. The van der Waals surface area contributed by atoms with Crippen LogP contribution < -0.4 is 0 Å². The van der Waals surface area contributed by atoms with Gasteiger partial charge in [0.05, 0.1) is 24.8 Å². The predicted molar refractivity (Wildman–Crippen MR) is 62.8 cm³/mol. The van der Waals surface area contributed by atoms with E-state index < -0.39 is 0 Å². The number of nitrogens with zero attached hydrogens (tertiary/aromatic N) is 2. The number of ketones is 1. The van der Waals surface area contributed by atoms with Crippen LogP contribution in [0.25, 0.3) is 0 Å². The molecule has 0 radical (unpaired) electrons. The molecule has 0 aromatic carbocycles. The van der Waals surface area contributed by atoms with Gasteiger partial charge in [0.15, 0.2) is 5.78 Å². The number of hydrogen-bond donors (Lipinski definition) is 0. The molecule has 0 aliphatic heterocycles. The second-order valence-corrected chi connectivity index (χ2v) is 4.03. The Morgan fingerprint density at radius 3 is 2.65 bits per heavy atom. The highest BCUT2D eigenvalue weighted by Crippen LogP contribution is 2.09. The number of carbonyl (C=O) groups is 2. The highest BCUT2D eigenvalue weighted by Gasteiger charge is 2.12. The van der Waals surface area contributed by atoms with Crippen molar-refractivity contribution in [2.75, 3.05) is 6.61 Å². The summed E-state index contributed by atoms with van der Waals surface area (Å²) in [6.45, 7) is 6.06. The largest absolute Gasteiger partial charge is 0.466 e. The lowest BCUT2D eigenvalue weighted by Gasteiger charge is -2.03. The lowest BCUT2D eigenvalue weighted by atomic mass is 10.1. The van der Waals surface area contributed by atoms with Crippen LogP contribution in [0.2, 0.25) is 0 Å².